The molecule has 0 aliphatic rings. The van der Waals surface area contributed by atoms with Crippen molar-refractivity contribution in [1.82, 2.24) is 32.0 Å². The van der Waals surface area contributed by atoms with E-state index >= 15 is 0 Å². The van der Waals surface area contributed by atoms with Crippen molar-refractivity contribution in [3.05, 3.63) is 449 Å². The highest BCUT2D eigenvalue weighted by Crippen LogP contribution is 2.43. The SMILES string of the molecule is CC.CC.CC.CC.CC.CC.CC.Cn1c2c3ccccc3ccc2c2ccc3ccccc3c21.Cn1c2cc3ccccc3cc2c2cc3ccccc3cc21.Cn1c2ccc3ccccc3c2c2c3ccccc3ccc21.Cn1c2ccccc2c2c3ccccc3ccc21.Cn1c2ccccc2c2cc3ccccc3cc21.Cn1c2ccccc2c2ccc3ccccc3c21.Cn1c2ccccc2c2ccccc21. The van der Waals surface area contributed by atoms with Gasteiger partial charge >= 0.3 is 0 Å². The number of benzene rings is 23. The van der Waals surface area contributed by atoms with E-state index in [-0.39, 0.29) is 0 Å². The van der Waals surface area contributed by atoms with Crippen molar-refractivity contribution in [2.45, 2.75) is 96.9 Å². The Balaban J connectivity index is 0.000000116. The highest BCUT2D eigenvalue weighted by Gasteiger charge is 2.20. The van der Waals surface area contributed by atoms with Crippen LogP contribution in [0.25, 0.3) is 250 Å². The molecule has 0 aliphatic carbocycles. The third-order valence-corrected chi connectivity index (χ3v) is 28.5. The topological polar surface area (TPSA) is 34.5 Å². The van der Waals surface area contributed by atoms with E-state index in [1.807, 2.05) is 96.9 Å². The van der Waals surface area contributed by atoms with Crippen molar-refractivity contribution in [3.8, 4) is 0 Å². The maximum atomic E-state index is 2.36. The van der Waals surface area contributed by atoms with Gasteiger partial charge < -0.3 is 32.0 Å². The number of aryl methyl sites for hydroxylation is 7. The van der Waals surface area contributed by atoms with E-state index in [4.69, 9.17) is 0 Å². The molecule has 7 nitrogen and oxygen atoms in total. The van der Waals surface area contributed by atoms with Gasteiger partial charge in [0, 0.05) is 202 Å². The molecule has 7 heteroatoms. The maximum absolute atomic E-state index is 2.36. The number of hydrogen-bond acceptors (Lipinski definition) is 0. The highest BCUT2D eigenvalue weighted by molar-refractivity contribution is 6.29. The summed E-state index contributed by atoms with van der Waals surface area (Å²) in [6, 6.07) is 161. The maximum Gasteiger partial charge on any atom is 0.0568 e. The lowest BCUT2D eigenvalue weighted by molar-refractivity contribution is 1.01. The molecule has 30 aromatic rings. The van der Waals surface area contributed by atoms with E-state index < -0.39 is 0 Å². The third kappa shape index (κ3) is 18.8. The first kappa shape index (κ1) is 102. The van der Waals surface area contributed by atoms with Crippen LogP contribution in [0, 0.1) is 0 Å². The molecule has 7 aromatic heterocycles. The van der Waals surface area contributed by atoms with Crippen molar-refractivity contribution >= 4 is 250 Å². The van der Waals surface area contributed by atoms with Gasteiger partial charge in [-0.15, -0.1) is 0 Å². The van der Waals surface area contributed by atoms with Gasteiger partial charge in [-0.1, -0.05) is 461 Å². The molecule has 0 spiro atoms. The first-order valence-corrected chi connectivity index (χ1v) is 53.3. The average Bonchev–Trinajstić information content (AvgIpc) is 1.57. The zero-order chi connectivity index (χ0) is 104. The molecule has 0 N–H and O–H groups in total. The monoisotopic (exact) mass is 1930 g/mol. The second kappa shape index (κ2) is 46.4. The second-order valence-electron chi connectivity index (χ2n) is 35.7. The molecule has 0 fully saturated rings. The Morgan fingerprint density at radius 2 is 0.277 bits per heavy atom. The van der Waals surface area contributed by atoms with Crippen LogP contribution in [0.3, 0.4) is 0 Å². The largest absolute Gasteiger partial charge is 0.344 e. The summed E-state index contributed by atoms with van der Waals surface area (Å²) in [5, 5.41) is 42.4. The summed E-state index contributed by atoms with van der Waals surface area (Å²) in [5.41, 5.74) is 18.2. The number of fused-ring (bicyclic) bond motifs is 36. The number of aromatic nitrogens is 7. The fourth-order valence-electron chi connectivity index (χ4n) is 21.9. The molecule has 0 amide bonds. The third-order valence-electron chi connectivity index (χ3n) is 28.5. The zero-order valence-electron chi connectivity index (χ0n) is 89.9. The number of para-hydroxylation sites is 5. The minimum Gasteiger partial charge on any atom is -0.344 e. The number of nitrogens with zero attached hydrogens (tertiary/aromatic N) is 7. The minimum absolute atomic E-state index is 1.29. The highest BCUT2D eigenvalue weighted by atomic mass is 15.0. The van der Waals surface area contributed by atoms with Crippen molar-refractivity contribution in [2.75, 3.05) is 0 Å². The Morgan fingerprint density at radius 1 is 0.101 bits per heavy atom. The molecule has 23 aromatic carbocycles. The van der Waals surface area contributed by atoms with Gasteiger partial charge in [0.2, 0.25) is 0 Å². The van der Waals surface area contributed by atoms with Crippen molar-refractivity contribution in [3.63, 3.8) is 0 Å². The molecule has 0 bridgehead atoms. The quantitative estimate of drug-likeness (QED) is 0.145. The lowest BCUT2D eigenvalue weighted by atomic mass is 10.00. The molecule has 148 heavy (non-hydrogen) atoms. The van der Waals surface area contributed by atoms with Crippen molar-refractivity contribution < 1.29 is 0 Å². The Kier molecular flexibility index (Phi) is 32.1. The fraction of sp³-hybridized carbons (Fsp3) is 0.149. The number of rotatable bonds is 0. The summed E-state index contributed by atoms with van der Waals surface area (Å²) in [6.07, 6.45) is 0. The summed E-state index contributed by atoms with van der Waals surface area (Å²) in [6.45, 7) is 28.0. The predicted octanol–water partition coefficient (Wildman–Crippen LogP) is 40.9. The van der Waals surface area contributed by atoms with Crippen molar-refractivity contribution in [1.29, 1.82) is 0 Å². The number of hydrogen-bond donors (Lipinski definition) is 0. The van der Waals surface area contributed by atoms with E-state index in [1.165, 1.54) is 250 Å². The van der Waals surface area contributed by atoms with E-state index in [2.05, 4.69) is 530 Å². The molecule has 0 saturated heterocycles. The first-order valence-electron chi connectivity index (χ1n) is 53.3. The average molecular weight is 1930 g/mol. The van der Waals surface area contributed by atoms with Gasteiger partial charge in [-0.05, 0) is 166 Å². The molecule has 0 saturated carbocycles. The zero-order valence-corrected chi connectivity index (χ0v) is 89.9. The van der Waals surface area contributed by atoms with Gasteiger partial charge in [0.1, 0.15) is 0 Å². The molecular formula is C141H137N7. The Morgan fingerprint density at radius 3 is 0.601 bits per heavy atom. The van der Waals surface area contributed by atoms with E-state index in [9.17, 15) is 0 Å². The summed E-state index contributed by atoms with van der Waals surface area (Å²) < 4.78 is 16.1. The standard InChI is InChI=1S/3C21H15N.3C17H13N.C13H11N.7C2H6/c1-22-20-12-16-8-4-2-6-14(16)10-18(20)19-11-15-7-3-5-9-17(15)13-21(19)22;1-22-18-12-10-14-6-2-4-8-16(14)20(18)21-17-9-5-3-7-15(17)11-13-19(21)22;1-22-20-16-8-4-2-6-14(16)10-12-18(20)19-13-11-15-7-3-5-9-17(15)21(19)22;1-18-16-9-5-4-8-14(16)15-10-12-6-2-3-7-13(12)11-17(15)18;1-18-16-9-5-4-8-14(16)15-11-10-12-6-2-3-7-13(12)17(15)18;1-18-15-9-5-4-8-14(15)17-13-7-3-2-6-12(13)10-11-16(17)18;1-14-12-8-4-2-6-10(12)11-7-3-5-9-13(11)14;7*1-2/h3*2-13H,1H3;3*2-11H,1H3;2-9H,1H3;7*1-2H3. The Bertz CT molecular complexity index is 9600. The predicted molar refractivity (Wildman–Crippen MR) is 660 cm³/mol. The van der Waals surface area contributed by atoms with E-state index in [0.717, 1.165) is 0 Å². The first-order chi connectivity index (χ1) is 72.9. The van der Waals surface area contributed by atoms with E-state index in [1.54, 1.807) is 0 Å². The summed E-state index contributed by atoms with van der Waals surface area (Å²) in [4.78, 5) is 0. The summed E-state index contributed by atoms with van der Waals surface area (Å²) in [5.74, 6) is 0. The van der Waals surface area contributed by atoms with Crippen LogP contribution in [0.15, 0.2) is 449 Å². The van der Waals surface area contributed by atoms with Crippen LogP contribution in [0.4, 0.5) is 0 Å². The molecule has 0 radical (unpaired) electrons. The van der Waals surface area contributed by atoms with Crippen LogP contribution in [0.5, 0.6) is 0 Å². The van der Waals surface area contributed by atoms with E-state index in [0.29, 0.717) is 0 Å². The van der Waals surface area contributed by atoms with Gasteiger partial charge in [0.05, 0.1) is 16.6 Å². The summed E-state index contributed by atoms with van der Waals surface area (Å²) >= 11 is 0. The molecule has 0 unspecified atom stereocenters. The van der Waals surface area contributed by atoms with Crippen molar-refractivity contribution in [2.24, 2.45) is 49.3 Å². The van der Waals surface area contributed by atoms with Gasteiger partial charge in [-0.3, -0.25) is 0 Å². The lowest BCUT2D eigenvalue weighted by Gasteiger charge is -2.04. The normalized spacial score (nSPS) is 10.9. The molecular weight excluding hydrogens is 1790 g/mol. The fourth-order valence-corrected chi connectivity index (χ4v) is 21.9. The Labute approximate surface area is 870 Å². The van der Waals surface area contributed by atoms with Crippen LogP contribution < -0.4 is 0 Å². The van der Waals surface area contributed by atoms with Gasteiger partial charge in [-0.25, -0.2) is 0 Å². The molecule has 7 heterocycles. The van der Waals surface area contributed by atoms with Crippen LogP contribution in [0.1, 0.15) is 96.9 Å². The van der Waals surface area contributed by atoms with Gasteiger partial charge in [-0.2, -0.15) is 0 Å². The smallest absolute Gasteiger partial charge is 0.0568 e. The molecule has 30 rings (SSSR count). The van der Waals surface area contributed by atoms with Crippen LogP contribution in [-0.4, -0.2) is 32.0 Å². The van der Waals surface area contributed by atoms with Gasteiger partial charge in [0.25, 0.3) is 0 Å². The van der Waals surface area contributed by atoms with Crippen LogP contribution >= 0.6 is 0 Å². The molecule has 0 atom stereocenters. The van der Waals surface area contributed by atoms with Crippen LogP contribution in [0.2, 0.25) is 0 Å². The lowest BCUT2D eigenvalue weighted by Crippen LogP contribution is -1.88. The van der Waals surface area contributed by atoms with Gasteiger partial charge in [0.15, 0.2) is 0 Å². The second-order valence-corrected chi connectivity index (χ2v) is 35.7. The minimum atomic E-state index is 1.29. The molecule has 736 valence electrons. The Hall–Kier alpha value is -17.0. The van der Waals surface area contributed by atoms with Crippen LogP contribution in [-0.2, 0) is 49.3 Å². The summed E-state index contributed by atoms with van der Waals surface area (Å²) in [7, 11) is 15.0. The molecule has 0 aliphatic heterocycles.